The lowest BCUT2D eigenvalue weighted by Crippen LogP contribution is -2.26. The maximum Gasteiger partial charge on any atom is 0.255 e. The van der Waals surface area contributed by atoms with Crippen molar-refractivity contribution in [1.82, 2.24) is 9.97 Å². The molecule has 0 aliphatic carbocycles. The van der Waals surface area contributed by atoms with Gasteiger partial charge in [-0.1, -0.05) is 12.1 Å². The molecule has 0 bridgehead atoms. The van der Waals surface area contributed by atoms with Gasteiger partial charge < -0.3 is 27.4 Å². The van der Waals surface area contributed by atoms with Gasteiger partial charge in [-0.25, -0.2) is 9.37 Å². The largest absolute Gasteiger partial charge is 0.365 e. The van der Waals surface area contributed by atoms with Crippen LogP contribution in [0.1, 0.15) is 27.6 Å². The molecule has 10 heteroatoms. The number of carbonyl (C=O) groups is 2. The molecule has 2 amide bonds. The molecular formula is C21H22FN7O2. The van der Waals surface area contributed by atoms with Crippen LogP contribution < -0.4 is 27.4 Å². The smallest absolute Gasteiger partial charge is 0.255 e. The lowest BCUT2D eigenvalue weighted by Gasteiger charge is -2.13. The lowest BCUT2D eigenvalue weighted by atomic mass is 10.1. The number of hydrogen-bond acceptors (Lipinski definition) is 7. The zero-order valence-corrected chi connectivity index (χ0v) is 16.7. The van der Waals surface area contributed by atoms with E-state index in [0.29, 0.717) is 23.5 Å². The fourth-order valence-electron chi connectivity index (χ4n) is 2.64. The molecule has 0 radical (unpaired) electrons. The van der Waals surface area contributed by atoms with E-state index in [1.165, 1.54) is 24.4 Å². The van der Waals surface area contributed by atoms with Crippen LogP contribution in [0.4, 0.5) is 27.5 Å². The summed E-state index contributed by atoms with van der Waals surface area (Å²) in [6.07, 6.45) is 1.31. The highest BCUT2D eigenvalue weighted by Crippen LogP contribution is 2.21. The van der Waals surface area contributed by atoms with Crippen LogP contribution in [-0.2, 0) is 0 Å². The molecule has 160 valence electrons. The first kappa shape index (κ1) is 21.7. The van der Waals surface area contributed by atoms with Gasteiger partial charge in [-0.05, 0) is 43.3 Å². The molecule has 0 aliphatic heterocycles. The van der Waals surface area contributed by atoms with Crippen molar-refractivity contribution in [3.05, 3.63) is 71.7 Å². The minimum Gasteiger partial charge on any atom is -0.365 e. The van der Waals surface area contributed by atoms with Crippen molar-refractivity contribution in [3.63, 3.8) is 0 Å². The summed E-state index contributed by atoms with van der Waals surface area (Å²) in [4.78, 5) is 32.6. The molecule has 9 nitrogen and oxygen atoms in total. The normalized spacial score (nSPS) is 11.5. The highest BCUT2D eigenvalue weighted by atomic mass is 19.1. The van der Waals surface area contributed by atoms with Gasteiger partial charge in [0.1, 0.15) is 17.2 Å². The Morgan fingerprint density at radius 3 is 2.58 bits per heavy atom. The Balaban J connectivity index is 1.81. The van der Waals surface area contributed by atoms with E-state index in [-0.39, 0.29) is 23.4 Å². The summed E-state index contributed by atoms with van der Waals surface area (Å²) in [5.41, 5.74) is 12.4. The molecule has 0 fully saturated rings. The van der Waals surface area contributed by atoms with Crippen LogP contribution >= 0.6 is 0 Å². The minimum absolute atomic E-state index is 0.0842. The van der Waals surface area contributed by atoms with Gasteiger partial charge in [0.15, 0.2) is 0 Å². The SMILES string of the molecule is C[C@H](N)CNc1ncc(C(N)=O)c(Nc2cccc(C(=O)Nc3cccc(F)c3)c2)n1. The summed E-state index contributed by atoms with van der Waals surface area (Å²) in [5.74, 6) is -1.14. The molecule has 0 saturated carbocycles. The molecule has 2 aromatic carbocycles. The van der Waals surface area contributed by atoms with E-state index >= 15 is 0 Å². The molecule has 0 spiro atoms. The van der Waals surface area contributed by atoms with Crippen molar-refractivity contribution in [2.45, 2.75) is 13.0 Å². The molecule has 0 saturated heterocycles. The maximum absolute atomic E-state index is 13.3. The van der Waals surface area contributed by atoms with Gasteiger partial charge in [0, 0.05) is 35.7 Å². The standard InChI is InChI=1S/C21H22FN7O2/c1-12(23)10-25-21-26-11-17(18(24)30)19(29-21)27-15-6-2-4-13(8-15)20(31)28-16-7-3-5-14(22)9-16/h2-9,11-12H,10,23H2,1H3,(H2,24,30)(H,28,31)(H2,25,26,27,29)/t12-/m0/s1. The second kappa shape index (κ2) is 9.63. The van der Waals surface area contributed by atoms with Crippen LogP contribution in [0.5, 0.6) is 0 Å². The van der Waals surface area contributed by atoms with Gasteiger partial charge in [0.25, 0.3) is 11.8 Å². The third kappa shape index (κ3) is 5.97. The van der Waals surface area contributed by atoms with Crippen LogP contribution in [-0.4, -0.2) is 34.4 Å². The molecule has 1 heterocycles. The quantitative estimate of drug-likeness (QED) is 0.374. The molecule has 3 aromatic rings. The van der Waals surface area contributed by atoms with Gasteiger partial charge >= 0.3 is 0 Å². The molecule has 1 atom stereocenters. The third-order valence-corrected chi connectivity index (χ3v) is 4.11. The van der Waals surface area contributed by atoms with Gasteiger partial charge in [0.05, 0.1) is 0 Å². The fraction of sp³-hybridized carbons (Fsp3) is 0.143. The van der Waals surface area contributed by atoms with Crippen LogP contribution in [0.3, 0.4) is 0 Å². The second-order valence-corrected chi connectivity index (χ2v) is 6.85. The highest BCUT2D eigenvalue weighted by Gasteiger charge is 2.14. The van der Waals surface area contributed by atoms with Gasteiger partial charge in [-0.15, -0.1) is 0 Å². The number of halogens is 1. The zero-order valence-electron chi connectivity index (χ0n) is 16.7. The molecule has 31 heavy (non-hydrogen) atoms. The lowest BCUT2D eigenvalue weighted by molar-refractivity contribution is 0.0997. The van der Waals surface area contributed by atoms with Crippen molar-refractivity contribution in [1.29, 1.82) is 0 Å². The Bertz CT molecular complexity index is 1100. The first-order valence-electron chi connectivity index (χ1n) is 9.42. The monoisotopic (exact) mass is 423 g/mol. The van der Waals surface area contributed by atoms with E-state index in [0.717, 1.165) is 0 Å². The molecule has 0 aliphatic rings. The number of benzene rings is 2. The van der Waals surface area contributed by atoms with Crippen LogP contribution in [0, 0.1) is 5.82 Å². The Kier molecular flexibility index (Phi) is 6.73. The number of hydrogen-bond donors (Lipinski definition) is 5. The fourth-order valence-corrected chi connectivity index (χ4v) is 2.64. The highest BCUT2D eigenvalue weighted by molar-refractivity contribution is 6.05. The average Bonchev–Trinajstić information content (AvgIpc) is 2.72. The molecule has 0 unspecified atom stereocenters. The number of rotatable bonds is 8. The van der Waals surface area contributed by atoms with Gasteiger partial charge in [-0.2, -0.15) is 4.98 Å². The summed E-state index contributed by atoms with van der Waals surface area (Å²) in [5, 5.41) is 8.58. The van der Waals surface area contributed by atoms with Crippen LogP contribution in [0.2, 0.25) is 0 Å². The summed E-state index contributed by atoms with van der Waals surface area (Å²) < 4.78 is 13.3. The number of carbonyl (C=O) groups excluding carboxylic acids is 2. The van der Waals surface area contributed by atoms with Crippen molar-refractivity contribution >= 4 is 35.0 Å². The molecular weight excluding hydrogens is 401 g/mol. The summed E-state index contributed by atoms with van der Waals surface area (Å²) >= 11 is 0. The summed E-state index contributed by atoms with van der Waals surface area (Å²) in [6, 6.07) is 12.0. The Labute approximate surface area is 178 Å². The number of aromatic nitrogens is 2. The molecule has 1 aromatic heterocycles. The van der Waals surface area contributed by atoms with E-state index in [9.17, 15) is 14.0 Å². The van der Waals surface area contributed by atoms with E-state index in [1.807, 2.05) is 6.92 Å². The first-order valence-corrected chi connectivity index (χ1v) is 9.42. The maximum atomic E-state index is 13.3. The zero-order chi connectivity index (χ0) is 22.4. The van der Waals surface area contributed by atoms with E-state index in [1.54, 1.807) is 30.3 Å². The Morgan fingerprint density at radius 2 is 1.87 bits per heavy atom. The number of anilines is 4. The third-order valence-electron chi connectivity index (χ3n) is 4.11. The molecule has 3 rings (SSSR count). The van der Waals surface area contributed by atoms with Gasteiger partial charge in [0.2, 0.25) is 5.95 Å². The van der Waals surface area contributed by atoms with Crippen LogP contribution in [0.15, 0.2) is 54.7 Å². The van der Waals surface area contributed by atoms with Crippen LogP contribution in [0.25, 0.3) is 0 Å². The number of nitrogens with zero attached hydrogens (tertiary/aromatic N) is 2. The van der Waals surface area contributed by atoms with Crippen molar-refractivity contribution in [2.24, 2.45) is 11.5 Å². The Hall–Kier alpha value is -4.05. The second-order valence-electron chi connectivity index (χ2n) is 6.85. The van der Waals surface area contributed by atoms with E-state index in [2.05, 4.69) is 25.9 Å². The van der Waals surface area contributed by atoms with Gasteiger partial charge in [-0.3, -0.25) is 9.59 Å². The first-order chi connectivity index (χ1) is 14.8. The predicted molar refractivity (Wildman–Crippen MR) is 117 cm³/mol. The summed E-state index contributed by atoms with van der Waals surface area (Å²) in [6.45, 7) is 2.26. The van der Waals surface area contributed by atoms with Crippen molar-refractivity contribution in [2.75, 3.05) is 22.5 Å². The average molecular weight is 423 g/mol. The molecule has 7 N–H and O–H groups in total. The number of nitrogens with two attached hydrogens (primary N) is 2. The van der Waals surface area contributed by atoms with Crippen molar-refractivity contribution < 1.29 is 14.0 Å². The topological polar surface area (TPSA) is 148 Å². The predicted octanol–water partition coefficient (Wildman–Crippen LogP) is 2.47. The number of primary amides is 1. The number of nitrogens with one attached hydrogen (secondary N) is 3. The summed E-state index contributed by atoms with van der Waals surface area (Å²) in [7, 11) is 0. The Morgan fingerprint density at radius 1 is 1.13 bits per heavy atom. The van der Waals surface area contributed by atoms with E-state index < -0.39 is 17.6 Å². The minimum atomic E-state index is -0.707. The van der Waals surface area contributed by atoms with Crippen molar-refractivity contribution in [3.8, 4) is 0 Å². The number of amides is 2. The van der Waals surface area contributed by atoms with E-state index in [4.69, 9.17) is 11.5 Å².